The van der Waals surface area contributed by atoms with Gasteiger partial charge in [-0.25, -0.2) is 17.6 Å². The predicted octanol–water partition coefficient (Wildman–Crippen LogP) is 2.86. The number of hydrogen-bond donors (Lipinski definition) is 1. The first-order chi connectivity index (χ1) is 12.2. The van der Waals surface area contributed by atoms with Gasteiger partial charge in [0, 0.05) is 30.3 Å². The van der Waals surface area contributed by atoms with Gasteiger partial charge < -0.3 is 15.0 Å². The molecule has 2 fully saturated rings. The molecule has 1 aromatic rings. The van der Waals surface area contributed by atoms with Crippen molar-refractivity contribution in [1.29, 1.82) is 0 Å². The van der Waals surface area contributed by atoms with Crippen molar-refractivity contribution in [3.05, 3.63) is 24.0 Å². The van der Waals surface area contributed by atoms with Gasteiger partial charge in [-0.1, -0.05) is 0 Å². The van der Waals surface area contributed by atoms with Crippen LogP contribution in [0.3, 0.4) is 0 Å². The van der Waals surface area contributed by atoms with E-state index in [9.17, 15) is 26.4 Å². The molecule has 6 nitrogen and oxygen atoms in total. The Morgan fingerprint density at radius 1 is 1.31 bits per heavy atom. The number of urea groups is 1. The van der Waals surface area contributed by atoms with Gasteiger partial charge in [0.2, 0.25) is 0 Å². The molecule has 1 atom stereocenters. The monoisotopic (exact) mass is 392 g/mol. The summed E-state index contributed by atoms with van der Waals surface area (Å²) in [5.74, 6) is -1.40. The summed E-state index contributed by atoms with van der Waals surface area (Å²) in [5.41, 5.74) is -0.304. The smallest absolute Gasteiger partial charge is 0.387 e. The minimum Gasteiger partial charge on any atom is -0.432 e. The summed E-state index contributed by atoms with van der Waals surface area (Å²) in [6, 6.07) is 2.70. The Bertz CT molecular complexity index is 803. The first-order valence-electron chi connectivity index (χ1n) is 8.19. The zero-order valence-electron chi connectivity index (χ0n) is 13.9. The number of piperidine rings is 1. The molecule has 2 saturated heterocycles. The van der Waals surface area contributed by atoms with Crippen molar-refractivity contribution >= 4 is 21.6 Å². The number of rotatable bonds is 3. The summed E-state index contributed by atoms with van der Waals surface area (Å²) in [7, 11) is -3.07. The number of likely N-dealkylation sites (tertiary alicyclic amines) is 1. The predicted molar refractivity (Wildman–Crippen MR) is 88.6 cm³/mol. The number of carbonyl (C=O) groups is 1. The molecule has 2 heterocycles. The number of anilines is 1. The van der Waals surface area contributed by atoms with E-state index in [-0.39, 0.29) is 17.2 Å². The van der Waals surface area contributed by atoms with Gasteiger partial charge in [0.1, 0.15) is 0 Å². The molecule has 1 N–H and O–H groups in total. The highest BCUT2D eigenvalue weighted by Gasteiger charge is 2.45. The number of hydrogen-bond acceptors (Lipinski definition) is 4. The highest BCUT2D eigenvalue weighted by Crippen LogP contribution is 2.40. The number of amides is 2. The lowest BCUT2D eigenvalue weighted by molar-refractivity contribution is -0.0521. The second kappa shape index (κ2) is 6.98. The minimum absolute atomic E-state index is 0.0814. The Hall–Kier alpha value is -1.97. The van der Waals surface area contributed by atoms with Crippen LogP contribution >= 0.6 is 0 Å². The molecule has 1 aromatic carbocycles. The standard InChI is InChI=1S/C16H19F3N2O4S/c17-12-8-11(2-3-13(12)25-14(18)19)20-15(22)21-6-1-4-16(9-21)5-7-26(23,24)10-16/h2-3,8,14H,1,4-7,9-10H2,(H,20,22)/t16-/m0/s1. The van der Waals surface area contributed by atoms with Crippen LogP contribution in [-0.2, 0) is 9.84 Å². The van der Waals surface area contributed by atoms with Gasteiger partial charge in [0.05, 0.1) is 11.5 Å². The summed E-state index contributed by atoms with van der Waals surface area (Å²) in [4.78, 5) is 14.0. The maximum Gasteiger partial charge on any atom is 0.387 e. The van der Waals surface area contributed by atoms with E-state index in [1.165, 1.54) is 11.0 Å². The molecule has 0 radical (unpaired) electrons. The molecule has 0 unspecified atom stereocenters. The number of alkyl halides is 2. The van der Waals surface area contributed by atoms with Crippen molar-refractivity contribution < 1.29 is 31.1 Å². The molecule has 3 rings (SSSR count). The number of carbonyl (C=O) groups excluding carboxylic acids is 1. The lowest BCUT2D eigenvalue weighted by Gasteiger charge is -2.39. The first kappa shape index (κ1) is 18.8. The molecular formula is C16H19F3N2O4S. The van der Waals surface area contributed by atoms with E-state index in [0.29, 0.717) is 25.9 Å². The van der Waals surface area contributed by atoms with Crippen molar-refractivity contribution in [3.63, 3.8) is 0 Å². The van der Waals surface area contributed by atoms with Crippen molar-refractivity contribution in [2.24, 2.45) is 5.41 Å². The molecule has 144 valence electrons. The Kier molecular flexibility index (Phi) is 5.05. The van der Waals surface area contributed by atoms with Crippen molar-refractivity contribution in [2.75, 3.05) is 29.9 Å². The van der Waals surface area contributed by atoms with E-state index in [4.69, 9.17) is 0 Å². The fraction of sp³-hybridized carbons (Fsp3) is 0.562. The van der Waals surface area contributed by atoms with Gasteiger partial charge in [-0.05, 0) is 31.4 Å². The van der Waals surface area contributed by atoms with Crippen LogP contribution in [0.2, 0.25) is 0 Å². The van der Waals surface area contributed by atoms with Gasteiger partial charge in [-0.3, -0.25) is 0 Å². The molecular weight excluding hydrogens is 373 g/mol. The summed E-state index contributed by atoms with van der Waals surface area (Å²) in [5, 5.41) is 2.51. The van der Waals surface area contributed by atoms with E-state index < -0.39 is 39.5 Å². The van der Waals surface area contributed by atoms with Crippen LogP contribution in [-0.4, -0.2) is 50.6 Å². The largest absolute Gasteiger partial charge is 0.432 e. The van der Waals surface area contributed by atoms with Gasteiger partial charge in [-0.15, -0.1) is 0 Å². The number of sulfone groups is 1. The van der Waals surface area contributed by atoms with Crippen molar-refractivity contribution in [1.82, 2.24) is 4.90 Å². The second-order valence-electron chi connectivity index (χ2n) is 6.82. The maximum atomic E-state index is 13.7. The highest BCUT2D eigenvalue weighted by atomic mass is 32.2. The molecule has 26 heavy (non-hydrogen) atoms. The van der Waals surface area contributed by atoms with Gasteiger partial charge in [0.25, 0.3) is 0 Å². The number of nitrogens with one attached hydrogen (secondary N) is 1. The normalized spacial score (nSPS) is 24.8. The van der Waals surface area contributed by atoms with E-state index in [1.54, 1.807) is 0 Å². The lowest BCUT2D eigenvalue weighted by Crippen LogP contribution is -2.48. The quantitative estimate of drug-likeness (QED) is 0.858. The molecule has 10 heteroatoms. The van der Waals surface area contributed by atoms with Crippen LogP contribution in [0.1, 0.15) is 19.3 Å². The third-order valence-corrected chi connectivity index (χ3v) is 6.70. The van der Waals surface area contributed by atoms with Crippen LogP contribution in [0.4, 0.5) is 23.7 Å². The summed E-state index contributed by atoms with van der Waals surface area (Å²) in [6.07, 6.45) is 1.98. The Morgan fingerprint density at radius 3 is 2.69 bits per heavy atom. The SMILES string of the molecule is O=C(Nc1ccc(OC(F)F)c(F)c1)N1CCC[C@]2(CCS(=O)(=O)C2)C1. The molecule has 2 aliphatic heterocycles. The maximum absolute atomic E-state index is 13.7. The first-order valence-corrected chi connectivity index (χ1v) is 10.0. The summed E-state index contributed by atoms with van der Waals surface area (Å²) >= 11 is 0. The van der Waals surface area contributed by atoms with Crippen molar-refractivity contribution in [2.45, 2.75) is 25.9 Å². The third kappa shape index (κ3) is 4.22. The van der Waals surface area contributed by atoms with Gasteiger partial charge >= 0.3 is 12.6 Å². The van der Waals surface area contributed by atoms with Crippen LogP contribution in [0.5, 0.6) is 5.75 Å². The molecule has 0 saturated carbocycles. The van der Waals surface area contributed by atoms with E-state index in [0.717, 1.165) is 18.6 Å². The summed E-state index contributed by atoms with van der Waals surface area (Å²) in [6.45, 7) is -2.34. The average Bonchev–Trinajstić information content (AvgIpc) is 2.84. The number of nitrogens with zero attached hydrogens (tertiary/aromatic N) is 1. The van der Waals surface area contributed by atoms with Crippen LogP contribution in [0.25, 0.3) is 0 Å². The van der Waals surface area contributed by atoms with Gasteiger partial charge in [0.15, 0.2) is 21.4 Å². The Morgan fingerprint density at radius 2 is 2.08 bits per heavy atom. The molecule has 2 aliphatic rings. The summed E-state index contributed by atoms with van der Waals surface area (Å²) < 4.78 is 65.6. The lowest BCUT2D eigenvalue weighted by atomic mass is 9.80. The second-order valence-corrected chi connectivity index (χ2v) is 9.01. The van der Waals surface area contributed by atoms with E-state index in [1.807, 2.05) is 0 Å². The third-order valence-electron chi connectivity index (χ3n) is 4.82. The number of halogens is 3. The number of ether oxygens (including phenoxy) is 1. The fourth-order valence-electron chi connectivity index (χ4n) is 3.66. The Labute approximate surface area is 149 Å². The number of benzene rings is 1. The van der Waals surface area contributed by atoms with Crippen LogP contribution in [0.15, 0.2) is 18.2 Å². The van der Waals surface area contributed by atoms with Crippen LogP contribution < -0.4 is 10.1 Å². The van der Waals surface area contributed by atoms with Gasteiger partial charge in [-0.2, -0.15) is 8.78 Å². The minimum atomic E-state index is -3.14. The Balaban J connectivity index is 1.65. The molecule has 1 spiro atoms. The average molecular weight is 392 g/mol. The highest BCUT2D eigenvalue weighted by molar-refractivity contribution is 7.91. The van der Waals surface area contributed by atoms with E-state index in [2.05, 4.69) is 10.1 Å². The van der Waals surface area contributed by atoms with E-state index >= 15 is 0 Å². The zero-order valence-corrected chi connectivity index (χ0v) is 14.7. The van der Waals surface area contributed by atoms with Crippen LogP contribution in [0, 0.1) is 11.2 Å². The molecule has 0 aliphatic carbocycles. The molecule has 0 aromatic heterocycles. The zero-order chi connectivity index (χ0) is 18.9. The molecule has 2 amide bonds. The fourth-order valence-corrected chi connectivity index (χ4v) is 5.86. The molecule has 0 bridgehead atoms. The van der Waals surface area contributed by atoms with Crippen molar-refractivity contribution in [3.8, 4) is 5.75 Å². The topological polar surface area (TPSA) is 75.7 Å².